The lowest BCUT2D eigenvalue weighted by atomic mass is 9.99. The van der Waals surface area contributed by atoms with E-state index in [4.69, 9.17) is 4.42 Å². The van der Waals surface area contributed by atoms with Crippen molar-refractivity contribution in [3.8, 4) is 0 Å². The van der Waals surface area contributed by atoms with Crippen LogP contribution in [0.3, 0.4) is 0 Å². The molecule has 0 unspecified atom stereocenters. The van der Waals surface area contributed by atoms with Gasteiger partial charge in [-0.2, -0.15) is 0 Å². The highest BCUT2D eigenvalue weighted by molar-refractivity contribution is 7.89. The summed E-state index contributed by atoms with van der Waals surface area (Å²) in [5.74, 6) is 0.293. The van der Waals surface area contributed by atoms with Gasteiger partial charge in [-0.25, -0.2) is 17.9 Å². The normalized spacial score (nSPS) is 16.3. The zero-order valence-corrected chi connectivity index (χ0v) is 18.1. The van der Waals surface area contributed by atoms with Crippen LogP contribution in [-0.4, -0.2) is 31.0 Å². The number of aromatic nitrogens is 1. The summed E-state index contributed by atoms with van der Waals surface area (Å²) in [6.07, 6.45) is 2.50. The SMILES string of the molecule is CC1CCN(Cc2ccc(CNS(=O)(=O)c3ccc4c(c3)oc(=O)n4C)cc2)CC1. The highest BCUT2D eigenvalue weighted by Crippen LogP contribution is 2.20. The van der Waals surface area contributed by atoms with E-state index in [1.165, 1.54) is 35.1 Å². The molecule has 2 heterocycles. The predicted octanol–water partition coefficient (Wildman–Crippen LogP) is 2.84. The highest BCUT2D eigenvalue weighted by Gasteiger charge is 2.18. The van der Waals surface area contributed by atoms with Gasteiger partial charge in [0.25, 0.3) is 0 Å². The second kappa shape index (κ2) is 8.37. The number of nitrogens with zero attached hydrogens (tertiary/aromatic N) is 2. The van der Waals surface area contributed by atoms with Crippen molar-refractivity contribution in [3.05, 3.63) is 64.1 Å². The second-order valence-electron chi connectivity index (χ2n) is 8.16. The molecule has 1 saturated heterocycles. The van der Waals surface area contributed by atoms with Crippen LogP contribution in [0.4, 0.5) is 0 Å². The molecular formula is C22H27N3O4S. The molecule has 3 aromatic rings. The lowest BCUT2D eigenvalue weighted by molar-refractivity contribution is 0.185. The van der Waals surface area contributed by atoms with Gasteiger partial charge in [-0.1, -0.05) is 31.2 Å². The molecule has 7 nitrogen and oxygen atoms in total. The molecule has 0 spiro atoms. The summed E-state index contributed by atoms with van der Waals surface area (Å²) in [7, 11) is -2.14. The Morgan fingerprint density at radius 1 is 1.07 bits per heavy atom. The number of benzene rings is 2. The molecule has 8 heteroatoms. The van der Waals surface area contributed by atoms with Crippen molar-refractivity contribution in [2.45, 2.75) is 37.8 Å². The fourth-order valence-electron chi connectivity index (χ4n) is 3.78. The molecule has 0 atom stereocenters. The molecule has 0 saturated carbocycles. The number of hydrogen-bond donors (Lipinski definition) is 1. The van der Waals surface area contributed by atoms with Crippen molar-refractivity contribution in [1.29, 1.82) is 0 Å². The summed E-state index contributed by atoms with van der Waals surface area (Å²) >= 11 is 0. The average molecular weight is 430 g/mol. The van der Waals surface area contributed by atoms with Gasteiger partial charge in [0.15, 0.2) is 5.58 Å². The summed E-state index contributed by atoms with van der Waals surface area (Å²) < 4.78 is 34.4. The standard InChI is InChI=1S/C22H27N3O4S/c1-16-9-11-25(12-10-16)15-18-5-3-17(4-6-18)14-23-30(27,28)19-7-8-20-21(13-19)29-22(26)24(20)2/h3-8,13,16,23H,9-12,14-15H2,1-2H3. The van der Waals surface area contributed by atoms with Crippen molar-refractivity contribution in [2.24, 2.45) is 13.0 Å². The number of piperidine rings is 1. The Balaban J connectivity index is 1.39. The monoisotopic (exact) mass is 429 g/mol. The summed E-state index contributed by atoms with van der Waals surface area (Å²) in [5, 5.41) is 0. The van der Waals surface area contributed by atoms with E-state index in [1.807, 2.05) is 12.1 Å². The minimum Gasteiger partial charge on any atom is -0.408 e. The third-order valence-corrected chi connectivity index (χ3v) is 7.24. The van der Waals surface area contributed by atoms with Gasteiger partial charge in [0.1, 0.15) is 0 Å². The third kappa shape index (κ3) is 4.50. The lowest BCUT2D eigenvalue weighted by Gasteiger charge is -2.30. The number of nitrogens with one attached hydrogen (secondary N) is 1. The van der Waals surface area contributed by atoms with E-state index < -0.39 is 15.8 Å². The topological polar surface area (TPSA) is 84.6 Å². The van der Waals surface area contributed by atoms with Crippen LogP contribution in [0.15, 0.2) is 56.6 Å². The first kappa shape index (κ1) is 20.8. The van der Waals surface area contributed by atoms with Crippen molar-refractivity contribution < 1.29 is 12.8 Å². The average Bonchev–Trinajstić information content (AvgIpc) is 3.02. The van der Waals surface area contributed by atoms with Crippen LogP contribution in [-0.2, 0) is 30.2 Å². The number of aryl methyl sites for hydroxylation is 1. The van der Waals surface area contributed by atoms with E-state index in [1.54, 1.807) is 13.1 Å². The minimum absolute atomic E-state index is 0.0697. The lowest BCUT2D eigenvalue weighted by Crippen LogP contribution is -2.32. The Bertz CT molecular complexity index is 1190. The molecule has 160 valence electrons. The largest absolute Gasteiger partial charge is 0.419 e. The molecule has 1 aliphatic heterocycles. The van der Waals surface area contributed by atoms with E-state index in [-0.39, 0.29) is 17.0 Å². The molecule has 0 aliphatic carbocycles. The molecular weight excluding hydrogens is 402 g/mol. The van der Waals surface area contributed by atoms with E-state index in [0.717, 1.165) is 31.1 Å². The Morgan fingerprint density at radius 2 is 1.73 bits per heavy atom. The first-order valence-corrected chi connectivity index (χ1v) is 11.7. The first-order valence-electron chi connectivity index (χ1n) is 10.2. The van der Waals surface area contributed by atoms with Crippen molar-refractivity contribution >= 4 is 21.1 Å². The predicted molar refractivity (Wildman–Crippen MR) is 116 cm³/mol. The number of likely N-dealkylation sites (tertiary alicyclic amines) is 1. The van der Waals surface area contributed by atoms with E-state index >= 15 is 0 Å². The smallest absolute Gasteiger partial charge is 0.408 e. The Kier molecular flexibility index (Phi) is 5.81. The summed E-state index contributed by atoms with van der Waals surface area (Å²) in [4.78, 5) is 14.1. The molecule has 1 N–H and O–H groups in total. The molecule has 0 amide bonds. The number of hydrogen-bond acceptors (Lipinski definition) is 5. The molecule has 0 bridgehead atoms. The van der Waals surface area contributed by atoms with Crippen LogP contribution >= 0.6 is 0 Å². The Labute approximate surface area is 176 Å². The molecule has 30 heavy (non-hydrogen) atoms. The molecule has 1 aromatic heterocycles. The fraction of sp³-hybridized carbons (Fsp3) is 0.409. The van der Waals surface area contributed by atoms with Crippen molar-refractivity contribution in [3.63, 3.8) is 0 Å². The molecule has 1 aliphatic rings. The van der Waals surface area contributed by atoms with E-state index in [2.05, 4.69) is 28.7 Å². The summed E-state index contributed by atoms with van der Waals surface area (Å²) in [5.41, 5.74) is 2.93. The quantitative estimate of drug-likeness (QED) is 0.651. The van der Waals surface area contributed by atoms with E-state index in [9.17, 15) is 13.2 Å². The maximum atomic E-state index is 12.7. The van der Waals surface area contributed by atoms with Gasteiger partial charge in [0.2, 0.25) is 10.0 Å². The Morgan fingerprint density at radius 3 is 2.43 bits per heavy atom. The van der Waals surface area contributed by atoms with Gasteiger partial charge in [-0.15, -0.1) is 0 Å². The van der Waals surface area contributed by atoms with Crippen molar-refractivity contribution in [1.82, 2.24) is 14.2 Å². The van der Waals surface area contributed by atoms with Crippen LogP contribution in [0.1, 0.15) is 30.9 Å². The van der Waals surface area contributed by atoms with Gasteiger partial charge in [0.05, 0.1) is 10.4 Å². The van der Waals surface area contributed by atoms with Gasteiger partial charge in [-0.05, 0) is 55.1 Å². The summed E-state index contributed by atoms with van der Waals surface area (Å²) in [6.45, 7) is 5.70. The number of sulfonamides is 1. The summed E-state index contributed by atoms with van der Waals surface area (Å²) in [6, 6.07) is 12.5. The zero-order valence-electron chi connectivity index (χ0n) is 17.3. The van der Waals surface area contributed by atoms with Crippen LogP contribution in [0.2, 0.25) is 0 Å². The first-order chi connectivity index (χ1) is 14.3. The molecule has 0 radical (unpaired) electrons. The third-order valence-electron chi connectivity index (χ3n) is 5.85. The molecule has 4 rings (SSSR count). The van der Waals surface area contributed by atoms with Crippen LogP contribution in [0.25, 0.3) is 11.1 Å². The van der Waals surface area contributed by atoms with Crippen LogP contribution in [0.5, 0.6) is 0 Å². The zero-order chi connectivity index (χ0) is 21.3. The second-order valence-corrected chi connectivity index (χ2v) is 9.92. The van der Waals surface area contributed by atoms with Gasteiger partial charge in [-0.3, -0.25) is 9.47 Å². The number of fused-ring (bicyclic) bond motifs is 1. The maximum Gasteiger partial charge on any atom is 0.419 e. The van der Waals surface area contributed by atoms with E-state index in [0.29, 0.717) is 5.52 Å². The van der Waals surface area contributed by atoms with Crippen LogP contribution < -0.4 is 10.5 Å². The van der Waals surface area contributed by atoms with Crippen LogP contribution in [0, 0.1) is 5.92 Å². The van der Waals surface area contributed by atoms with Gasteiger partial charge in [0, 0.05) is 26.2 Å². The highest BCUT2D eigenvalue weighted by atomic mass is 32.2. The van der Waals surface area contributed by atoms with Crippen molar-refractivity contribution in [2.75, 3.05) is 13.1 Å². The number of oxazole rings is 1. The van der Waals surface area contributed by atoms with Gasteiger partial charge >= 0.3 is 5.76 Å². The number of rotatable bonds is 6. The van der Waals surface area contributed by atoms with Gasteiger partial charge < -0.3 is 4.42 Å². The Hall–Kier alpha value is -2.42. The molecule has 1 fully saturated rings. The maximum absolute atomic E-state index is 12.7. The minimum atomic E-state index is -3.72. The fourth-order valence-corrected chi connectivity index (χ4v) is 4.82. The molecule has 2 aromatic carbocycles.